The maximum atomic E-state index is 13.8. The van der Waals surface area contributed by atoms with E-state index in [1.165, 1.54) is 0 Å². The van der Waals surface area contributed by atoms with Gasteiger partial charge in [0.2, 0.25) is 5.91 Å². The number of anilines is 2. The van der Waals surface area contributed by atoms with E-state index in [0.29, 0.717) is 55.1 Å². The minimum atomic E-state index is -0.645. The van der Waals surface area contributed by atoms with Gasteiger partial charge in [0.25, 0.3) is 11.8 Å². The highest BCUT2D eigenvalue weighted by molar-refractivity contribution is 7.15. The zero-order valence-electron chi connectivity index (χ0n) is 37.3. The number of likely N-dealkylation sites (tertiary alicyclic amines) is 1. The molecule has 5 aromatic rings. The summed E-state index contributed by atoms with van der Waals surface area (Å²) in [6, 6.07) is 22.5. The second-order valence-electron chi connectivity index (χ2n) is 17.8. The van der Waals surface area contributed by atoms with E-state index >= 15 is 0 Å². The van der Waals surface area contributed by atoms with Crippen LogP contribution in [-0.4, -0.2) is 79.8 Å². The Bertz CT molecular complexity index is 2580. The van der Waals surface area contributed by atoms with E-state index in [9.17, 15) is 19.2 Å². The number of aryl methyl sites for hydroxylation is 2. The largest absolute Gasteiger partial charge is 0.460 e. The lowest BCUT2D eigenvalue weighted by Crippen LogP contribution is -2.46. The zero-order chi connectivity index (χ0) is 44.7. The number of rotatable bonds is 9. The summed E-state index contributed by atoms with van der Waals surface area (Å²) < 4.78 is 7.71. The van der Waals surface area contributed by atoms with Crippen molar-refractivity contribution in [2.75, 3.05) is 23.3 Å². The first-order valence-corrected chi connectivity index (χ1v) is 22.7. The van der Waals surface area contributed by atoms with Crippen molar-refractivity contribution >= 4 is 52.1 Å². The molecule has 3 aliphatic rings. The van der Waals surface area contributed by atoms with Crippen molar-refractivity contribution in [1.82, 2.24) is 25.0 Å². The Labute approximate surface area is 373 Å². The fraction of sp³-hybridized carbons (Fsp3) is 0.408. The number of ether oxygens (including phenoxy) is 1. The van der Waals surface area contributed by atoms with Crippen LogP contribution in [-0.2, 0) is 14.3 Å². The van der Waals surface area contributed by atoms with Gasteiger partial charge in [-0.15, -0.1) is 21.5 Å². The molecule has 2 aromatic heterocycles. The van der Waals surface area contributed by atoms with Crippen LogP contribution in [0.25, 0.3) is 5.00 Å². The number of esters is 1. The summed E-state index contributed by atoms with van der Waals surface area (Å²) in [6.45, 7) is 16.6. The molecule has 3 atom stereocenters. The third kappa shape index (κ3) is 8.91. The van der Waals surface area contributed by atoms with Crippen molar-refractivity contribution in [2.24, 2.45) is 4.99 Å². The monoisotopic (exact) mass is 868 g/mol. The van der Waals surface area contributed by atoms with Crippen molar-refractivity contribution < 1.29 is 23.9 Å². The van der Waals surface area contributed by atoms with E-state index in [1.54, 1.807) is 11.3 Å². The van der Waals surface area contributed by atoms with Gasteiger partial charge in [0.05, 0.1) is 18.2 Å². The van der Waals surface area contributed by atoms with Crippen LogP contribution in [0.2, 0.25) is 0 Å². The summed E-state index contributed by atoms with van der Waals surface area (Å²) >= 11 is 1.64. The van der Waals surface area contributed by atoms with Gasteiger partial charge in [0.1, 0.15) is 22.5 Å². The second kappa shape index (κ2) is 17.5. The molecule has 3 aliphatic heterocycles. The molecule has 0 radical (unpaired) electrons. The third-order valence-corrected chi connectivity index (χ3v) is 13.4. The van der Waals surface area contributed by atoms with Gasteiger partial charge in [-0.1, -0.05) is 37.3 Å². The van der Waals surface area contributed by atoms with E-state index in [-0.39, 0.29) is 48.2 Å². The number of para-hydroxylation sites is 1. The summed E-state index contributed by atoms with van der Waals surface area (Å²) in [4.78, 5) is 63.2. The molecular formula is C49H56N8O5S. The number of hydrogen-bond donors (Lipinski definition) is 2. The molecule has 1 fully saturated rings. The highest BCUT2D eigenvalue weighted by atomic mass is 32.1. The Morgan fingerprint density at radius 2 is 1.57 bits per heavy atom. The molecule has 3 aromatic carbocycles. The van der Waals surface area contributed by atoms with Crippen molar-refractivity contribution in [1.29, 1.82) is 0 Å². The Morgan fingerprint density at radius 3 is 2.25 bits per heavy atom. The predicted molar refractivity (Wildman–Crippen MR) is 246 cm³/mol. The third-order valence-electron chi connectivity index (χ3n) is 12.2. The highest BCUT2D eigenvalue weighted by Gasteiger charge is 2.35. The number of carbonyl (C=O) groups excluding carboxylic acids is 4. The van der Waals surface area contributed by atoms with Crippen molar-refractivity contribution in [3.8, 4) is 5.00 Å². The van der Waals surface area contributed by atoms with Crippen LogP contribution in [0.5, 0.6) is 0 Å². The van der Waals surface area contributed by atoms with Crippen LogP contribution in [0.1, 0.15) is 138 Å². The van der Waals surface area contributed by atoms with Crippen LogP contribution >= 0.6 is 11.3 Å². The molecular weight excluding hydrogens is 813 g/mol. The Hall–Kier alpha value is -6.15. The molecule has 0 bridgehead atoms. The van der Waals surface area contributed by atoms with Gasteiger partial charge in [-0.25, -0.2) is 0 Å². The zero-order valence-corrected chi connectivity index (χ0v) is 38.1. The molecule has 0 spiro atoms. The van der Waals surface area contributed by atoms with Crippen LogP contribution in [0.15, 0.2) is 77.8 Å². The number of nitrogens with one attached hydrogen (secondary N) is 2. The topological polar surface area (TPSA) is 151 Å². The number of piperidine rings is 1. The van der Waals surface area contributed by atoms with Gasteiger partial charge in [0.15, 0.2) is 5.82 Å². The van der Waals surface area contributed by atoms with Gasteiger partial charge >= 0.3 is 5.97 Å². The summed E-state index contributed by atoms with van der Waals surface area (Å²) in [5.74, 6) is 0.837. The first-order valence-electron chi connectivity index (χ1n) is 21.9. The van der Waals surface area contributed by atoms with E-state index in [0.717, 1.165) is 55.6 Å². The lowest BCUT2D eigenvalue weighted by molar-refractivity contribution is -0.155. The van der Waals surface area contributed by atoms with Crippen molar-refractivity contribution in [3.63, 3.8) is 0 Å². The number of aliphatic imine (C=N–C) groups is 1. The van der Waals surface area contributed by atoms with E-state index in [4.69, 9.17) is 9.73 Å². The number of hydrogen-bond acceptors (Lipinski definition) is 10. The quantitative estimate of drug-likeness (QED) is 0.140. The fourth-order valence-corrected chi connectivity index (χ4v) is 10.1. The molecule has 0 saturated carbocycles. The summed E-state index contributed by atoms with van der Waals surface area (Å²) in [5.41, 5.74) is 7.04. The minimum absolute atomic E-state index is 0.00221. The van der Waals surface area contributed by atoms with Crippen LogP contribution in [0.3, 0.4) is 0 Å². The Morgan fingerprint density at radius 1 is 0.889 bits per heavy atom. The van der Waals surface area contributed by atoms with Crippen molar-refractivity contribution in [2.45, 2.75) is 117 Å². The van der Waals surface area contributed by atoms with E-state index in [2.05, 4.69) is 47.7 Å². The molecule has 14 heteroatoms. The molecule has 13 nitrogen and oxygen atoms in total. The minimum Gasteiger partial charge on any atom is -0.460 e. The number of carbonyl (C=O) groups is 4. The number of benzene rings is 3. The molecule has 8 rings (SSSR count). The lowest BCUT2D eigenvalue weighted by Gasteiger charge is -2.40. The van der Waals surface area contributed by atoms with Gasteiger partial charge in [0, 0.05) is 70.1 Å². The first kappa shape index (κ1) is 43.5. The molecule has 63 heavy (non-hydrogen) atoms. The number of thiophene rings is 1. The lowest BCUT2D eigenvalue weighted by atomic mass is 9.91. The molecule has 328 valence electrons. The summed E-state index contributed by atoms with van der Waals surface area (Å²) in [6.07, 6.45) is 2.52. The Balaban J connectivity index is 0.902. The normalized spacial score (nSPS) is 18.7. The average Bonchev–Trinajstić information content (AvgIpc) is 3.74. The number of fused-ring (bicyclic) bond motifs is 4. The number of nitrogens with zero attached hydrogens (tertiary/aromatic N) is 6. The maximum Gasteiger partial charge on any atom is 0.308 e. The molecule has 5 heterocycles. The van der Waals surface area contributed by atoms with Crippen molar-refractivity contribution in [3.05, 3.63) is 123 Å². The molecule has 3 amide bonds. The van der Waals surface area contributed by atoms with Gasteiger partial charge < -0.3 is 25.2 Å². The van der Waals surface area contributed by atoms with Crippen LogP contribution in [0.4, 0.5) is 11.4 Å². The molecule has 1 saturated heterocycles. The van der Waals surface area contributed by atoms with Crippen LogP contribution < -0.4 is 15.5 Å². The van der Waals surface area contributed by atoms with Gasteiger partial charge in [-0.05, 0) is 121 Å². The second-order valence-corrected chi connectivity index (χ2v) is 19.0. The standard InChI is InChI=1S/C49H56N8O5S/c1-9-41(58)56-28(2)26-38(37-12-10-11-13-40(37)56)50-35-20-18-33(19-21-35)46(60)51-36-22-24-55(25-23-36)47(61)34-16-14-32(15-17-34)44-43-29(3)30(4)63-48(43)57-31(5)53-54-45(57)39(52-44)27-42(59)62-49(6,7)8/h10-21,28,36,38-39,50H,9,22-27H2,1-8H3,(H,51,60)/t28-,38+,39-/m0/s1. The van der Waals surface area contributed by atoms with E-state index < -0.39 is 11.6 Å². The summed E-state index contributed by atoms with van der Waals surface area (Å²) in [7, 11) is 0. The number of amides is 3. The van der Waals surface area contributed by atoms with Crippen LogP contribution in [0, 0.1) is 20.8 Å². The SMILES string of the molecule is CCC(=O)N1c2ccccc2[C@H](Nc2ccc(C(=O)NC3CCN(C(=O)c4ccc(C5=N[C@@H](CC(=O)OC(C)(C)C)c6nnc(C)n6-c6sc(C)c(C)c65)cc4)CC3)cc2)C[C@@H]1C. The van der Waals surface area contributed by atoms with Gasteiger partial charge in [-0.3, -0.25) is 28.7 Å². The van der Waals surface area contributed by atoms with E-state index in [1.807, 2.05) is 116 Å². The molecule has 0 aliphatic carbocycles. The first-order chi connectivity index (χ1) is 30.1. The number of aromatic nitrogens is 3. The smallest absolute Gasteiger partial charge is 0.308 e. The molecule has 0 unspecified atom stereocenters. The maximum absolute atomic E-state index is 13.8. The average molecular weight is 869 g/mol. The Kier molecular flexibility index (Phi) is 12.1. The molecule has 2 N–H and O–H groups in total. The van der Waals surface area contributed by atoms with Gasteiger partial charge in [-0.2, -0.15) is 0 Å². The fourth-order valence-electron chi connectivity index (χ4n) is 8.93. The highest BCUT2D eigenvalue weighted by Crippen LogP contribution is 2.41. The predicted octanol–water partition coefficient (Wildman–Crippen LogP) is 8.60. The summed E-state index contributed by atoms with van der Waals surface area (Å²) in [5, 5.41) is 16.6.